The van der Waals surface area contributed by atoms with E-state index in [1.807, 2.05) is 6.07 Å². The fraction of sp³-hybridized carbons (Fsp3) is 0.385. The van der Waals surface area contributed by atoms with Gasteiger partial charge in [0, 0.05) is 24.7 Å². The Morgan fingerprint density at radius 1 is 1.44 bits per heavy atom. The molecule has 2 amide bonds. The lowest BCUT2D eigenvalue weighted by Gasteiger charge is -2.08. The molecule has 1 aromatic rings. The molecule has 96 valence electrons. The molecule has 0 aliphatic rings. The SMILES string of the molecule is COc1cccc(NC(=O)NCCCCC#N)c1. The van der Waals surface area contributed by atoms with E-state index in [0.29, 0.717) is 24.4 Å². The van der Waals surface area contributed by atoms with E-state index in [4.69, 9.17) is 10.00 Å². The van der Waals surface area contributed by atoms with Crippen molar-refractivity contribution < 1.29 is 9.53 Å². The predicted octanol–water partition coefficient (Wildman–Crippen LogP) is 2.51. The van der Waals surface area contributed by atoms with Gasteiger partial charge in [-0.25, -0.2) is 4.79 Å². The van der Waals surface area contributed by atoms with Gasteiger partial charge in [-0.2, -0.15) is 5.26 Å². The molecular formula is C13H17N3O2. The topological polar surface area (TPSA) is 74.2 Å². The number of benzene rings is 1. The molecule has 0 unspecified atom stereocenters. The molecule has 0 aromatic heterocycles. The summed E-state index contributed by atoms with van der Waals surface area (Å²) in [6.07, 6.45) is 2.13. The average molecular weight is 247 g/mol. The van der Waals surface area contributed by atoms with Gasteiger partial charge in [0.1, 0.15) is 5.75 Å². The molecule has 5 nitrogen and oxygen atoms in total. The van der Waals surface area contributed by atoms with E-state index in [1.165, 1.54) is 0 Å². The number of nitriles is 1. The molecule has 0 fully saturated rings. The lowest BCUT2D eigenvalue weighted by atomic mass is 10.2. The molecule has 0 heterocycles. The molecule has 0 spiro atoms. The zero-order chi connectivity index (χ0) is 13.2. The number of carbonyl (C=O) groups excluding carboxylic acids is 1. The van der Waals surface area contributed by atoms with Crippen LogP contribution in [-0.2, 0) is 0 Å². The summed E-state index contributed by atoms with van der Waals surface area (Å²) in [7, 11) is 1.58. The first kappa shape index (κ1) is 13.8. The molecule has 18 heavy (non-hydrogen) atoms. The van der Waals surface area contributed by atoms with Crippen molar-refractivity contribution in [3.63, 3.8) is 0 Å². The predicted molar refractivity (Wildman–Crippen MR) is 69.5 cm³/mol. The zero-order valence-corrected chi connectivity index (χ0v) is 10.4. The smallest absolute Gasteiger partial charge is 0.319 e. The quantitative estimate of drug-likeness (QED) is 0.758. The summed E-state index contributed by atoms with van der Waals surface area (Å²) < 4.78 is 5.06. The van der Waals surface area contributed by atoms with Crippen molar-refractivity contribution in [2.24, 2.45) is 0 Å². The van der Waals surface area contributed by atoms with Gasteiger partial charge in [-0.05, 0) is 25.0 Å². The van der Waals surface area contributed by atoms with Crippen molar-refractivity contribution >= 4 is 11.7 Å². The summed E-state index contributed by atoms with van der Waals surface area (Å²) in [4.78, 5) is 11.5. The van der Waals surface area contributed by atoms with E-state index in [2.05, 4.69) is 16.7 Å². The van der Waals surface area contributed by atoms with E-state index in [0.717, 1.165) is 12.8 Å². The van der Waals surface area contributed by atoms with Crippen LogP contribution in [0.5, 0.6) is 5.75 Å². The number of nitrogens with one attached hydrogen (secondary N) is 2. The molecular weight excluding hydrogens is 230 g/mol. The summed E-state index contributed by atoms with van der Waals surface area (Å²) in [5.41, 5.74) is 0.684. The minimum Gasteiger partial charge on any atom is -0.497 e. The van der Waals surface area contributed by atoms with Crippen LogP contribution in [0.1, 0.15) is 19.3 Å². The highest BCUT2D eigenvalue weighted by molar-refractivity contribution is 5.89. The third-order valence-electron chi connectivity index (χ3n) is 2.33. The maximum Gasteiger partial charge on any atom is 0.319 e. The molecule has 0 aliphatic carbocycles. The number of ether oxygens (including phenoxy) is 1. The fourth-order valence-electron chi connectivity index (χ4n) is 1.41. The van der Waals surface area contributed by atoms with Crippen LogP contribution in [0.3, 0.4) is 0 Å². The van der Waals surface area contributed by atoms with Gasteiger partial charge in [-0.15, -0.1) is 0 Å². The van der Waals surface area contributed by atoms with Crippen molar-refractivity contribution in [3.05, 3.63) is 24.3 Å². The standard InChI is InChI=1S/C13H17N3O2/c1-18-12-7-5-6-11(10-12)16-13(17)15-9-4-2-3-8-14/h5-7,10H,2-4,9H2,1H3,(H2,15,16,17). The van der Waals surface area contributed by atoms with Crippen molar-refractivity contribution in [1.82, 2.24) is 5.32 Å². The summed E-state index contributed by atoms with van der Waals surface area (Å²) in [6, 6.07) is 8.97. The number of nitrogens with zero attached hydrogens (tertiary/aromatic N) is 1. The van der Waals surface area contributed by atoms with E-state index < -0.39 is 0 Å². The molecule has 2 N–H and O–H groups in total. The molecule has 0 atom stereocenters. The van der Waals surface area contributed by atoms with Gasteiger partial charge in [-0.1, -0.05) is 6.07 Å². The van der Waals surface area contributed by atoms with Crippen LogP contribution >= 0.6 is 0 Å². The Kier molecular flexibility index (Phi) is 6.12. The summed E-state index contributed by atoms with van der Waals surface area (Å²) in [5, 5.41) is 13.8. The van der Waals surface area contributed by atoms with Crippen LogP contribution in [-0.4, -0.2) is 19.7 Å². The molecule has 1 rings (SSSR count). The zero-order valence-electron chi connectivity index (χ0n) is 10.4. The largest absolute Gasteiger partial charge is 0.497 e. The number of anilines is 1. The van der Waals surface area contributed by atoms with Gasteiger partial charge >= 0.3 is 6.03 Å². The highest BCUT2D eigenvalue weighted by Gasteiger charge is 2.01. The Morgan fingerprint density at radius 2 is 2.28 bits per heavy atom. The molecule has 0 radical (unpaired) electrons. The lowest BCUT2D eigenvalue weighted by molar-refractivity contribution is 0.252. The number of urea groups is 1. The number of hydrogen-bond acceptors (Lipinski definition) is 3. The van der Waals surface area contributed by atoms with Crippen molar-refractivity contribution in [3.8, 4) is 11.8 Å². The van der Waals surface area contributed by atoms with Crippen molar-refractivity contribution in [1.29, 1.82) is 5.26 Å². The van der Waals surface area contributed by atoms with Crippen LogP contribution < -0.4 is 15.4 Å². The number of hydrogen-bond donors (Lipinski definition) is 2. The second-order valence-electron chi connectivity index (χ2n) is 3.73. The van der Waals surface area contributed by atoms with Crippen LogP contribution in [0, 0.1) is 11.3 Å². The van der Waals surface area contributed by atoms with Crippen LogP contribution in [0.15, 0.2) is 24.3 Å². The summed E-state index contributed by atoms with van der Waals surface area (Å²) in [6.45, 7) is 0.567. The summed E-state index contributed by atoms with van der Waals surface area (Å²) in [5.74, 6) is 0.696. The minimum atomic E-state index is -0.250. The van der Waals surface area contributed by atoms with Crippen LogP contribution in [0.25, 0.3) is 0 Å². The first-order valence-electron chi connectivity index (χ1n) is 5.82. The third-order valence-corrected chi connectivity index (χ3v) is 2.33. The second kappa shape index (κ2) is 7.96. The Labute approximate surface area is 107 Å². The molecule has 0 saturated heterocycles. The fourth-order valence-corrected chi connectivity index (χ4v) is 1.41. The monoisotopic (exact) mass is 247 g/mol. The Hall–Kier alpha value is -2.22. The lowest BCUT2D eigenvalue weighted by Crippen LogP contribution is -2.29. The van der Waals surface area contributed by atoms with Crippen molar-refractivity contribution in [2.75, 3.05) is 19.0 Å². The molecule has 5 heteroatoms. The molecule has 0 saturated carbocycles. The maximum atomic E-state index is 11.5. The van der Waals surface area contributed by atoms with Crippen molar-refractivity contribution in [2.45, 2.75) is 19.3 Å². The normalized spacial score (nSPS) is 9.33. The Balaban J connectivity index is 2.29. The van der Waals surface area contributed by atoms with Gasteiger partial charge in [0.05, 0.1) is 13.2 Å². The molecule has 1 aromatic carbocycles. The number of rotatable bonds is 6. The number of amides is 2. The van der Waals surface area contributed by atoms with E-state index in [1.54, 1.807) is 25.3 Å². The number of methoxy groups -OCH3 is 1. The highest BCUT2D eigenvalue weighted by Crippen LogP contribution is 2.16. The summed E-state index contributed by atoms with van der Waals surface area (Å²) >= 11 is 0. The average Bonchev–Trinajstić information content (AvgIpc) is 2.38. The van der Waals surface area contributed by atoms with Crippen LogP contribution in [0.2, 0.25) is 0 Å². The minimum absolute atomic E-state index is 0.250. The Morgan fingerprint density at radius 3 is 3.00 bits per heavy atom. The molecule has 0 bridgehead atoms. The first-order valence-corrected chi connectivity index (χ1v) is 5.82. The van der Waals surface area contributed by atoms with Gasteiger partial charge < -0.3 is 15.4 Å². The van der Waals surface area contributed by atoms with Gasteiger partial charge in [0.2, 0.25) is 0 Å². The maximum absolute atomic E-state index is 11.5. The molecule has 0 aliphatic heterocycles. The van der Waals surface area contributed by atoms with E-state index >= 15 is 0 Å². The van der Waals surface area contributed by atoms with E-state index in [-0.39, 0.29) is 6.03 Å². The number of carbonyl (C=O) groups is 1. The van der Waals surface area contributed by atoms with Gasteiger partial charge in [-0.3, -0.25) is 0 Å². The van der Waals surface area contributed by atoms with Gasteiger partial charge in [0.25, 0.3) is 0 Å². The van der Waals surface area contributed by atoms with Crippen LogP contribution in [0.4, 0.5) is 10.5 Å². The highest BCUT2D eigenvalue weighted by atomic mass is 16.5. The second-order valence-corrected chi connectivity index (χ2v) is 3.73. The first-order chi connectivity index (χ1) is 8.76. The van der Waals surface area contributed by atoms with Gasteiger partial charge in [0.15, 0.2) is 0 Å². The number of unbranched alkanes of at least 4 members (excludes halogenated alkanes) is 2. The van der Waals surface area contributed by atoms with E-state index in [9.17, 15) is 4.79 Å². The third kappa shape index (κ3) is 5.21. The Bertz CT molecular complexity index is 426.